The van der Waals surface area contributed by atoms with Crippen molar-refractivity contribution < 1.29 is 18.7 Å². The van der Waals surface area contributed by atoms with Gasteiger partial charge in [-0.3, -0.25) is 9.18 Å². The van der Waals surface area contributed by atoms with E-state index in [0.29, 0.717) is 32.4 Å². The molecule has 0 aliphatic carbocycles. The van der Waals surface area contributed by atoms with Gasteiger partial charge in [0.1, 0.15) is 11.4 Å². The lowest BCUT2D eigenvalue weighted by atomic mass is 9.92. The number of nitrogens with zero attached hydrogens (tertiary/aromatic N) is 1. The maximum atomic E-state index is 12.1. The first-order valence-corrected chi connectivity index (χ1v) is 6.40. The Morgan fingerprint density at radius 3 is 2.72 bits per heavy atom. The topological polar surface area (TPSA) is 46.6 Å². The summed E-state index contributed by atoms with van der Waals surface area (Å²) in [6.45, 7) is 5.76. The Balaban J connectivity index is 2.53. The number of amides is 1. The zero-order valence-electron chi connectivity index (χ0n) is 11.4. The minimum absolute atomic E-state index is 0.128. The Hall–Kier alpha value is -1.13. The number of piperidine rings is 1. The number of halogens is 1. The fourth-order valence-corrected chi connectivity index (χ4v) is 1.98. The molecule has 0 aromatic rings. The van der Waals surface area contributed by atoms with Crippen LogP contribution in [0.3, 0.4) is 0 Å². The Labute approximate surface area is 107 Å². The second-order valence-electron chi connectivity index (χ2n) is 5.67. The summed E-state index contributed by atoms with van der Waals surface area (Å²) in [4.78, 5) is 25.1. The molecule has 1 fully saturated rings. The van der Waals surface area contributed by atoms with Gasteiger partial charge in [-0.2, -0.15) is 0 Å². The highest BCUT2D eigenvalue weighted by Crippen LogP contribution is 2.20. The highest BCUT2D eigenvalue weighted by molar-refractivity contribution is 5.84. The van der Waals surface area contributed by atoms with E-state index in [9.17, 15) is 14.0 Å². The highest BCUT2D eigenvalue weighted by atomic mass is 19.1. The highest BCUT2D eigenvalue weighted by Gasteiger charge is 2.31. The molecule has 1 aliphatic rings. The number of rotatable bonds is 3. The average Bonchev–Trinajstić information content (AvgIpc) is 2.25. The predicted octanol–water partition coefficient (Wildman–Crippen LogP) is 2.56. The van der Waals surface area contributed by atoms with Gasteiger partial charge in [0, 0.05) is 25.4 Å². The van der Waals surface area contributed by atoms with E-state index < -0.39 is 12.3 Å². The number of ether oxygens (including phenoxy) is 1. The lowest BCUT2D eigenvalue weighted by Gasteiger charge is -2.33. The molecule has 0 bridgehead atoms. The molecular formula is C13H22FNO3. The van der Waals surface area contributed by atoms with Crippen molar-refractivity contribution in [3.63, 3.8) is 0 Å². The van der Waals surface area contributed by atoms with Crippen LogP contribution in [0.15, 0.2) is 0 Å². The molecule has 4 nitrogen and oxygen atoms in total. The van der Waals surface area contributed by atoms with Crippen molar-refractivity contribution in [1.82, 2.24) is 4.90 Å². The smallest absolute Gasteiger partial charge is 0.410 e. The van der Waals surface area contributed by atoms with E-state index in [2.05, 4.69) is 0 Å². The normalized spacial score (nSPS) is 21.0. The van der Waals surface area contributed by atoms with E-state index in [1.165, 1.54) is 0 Å². The van der Waals surface area contributed by atoms with E-state index in [-0.39, 0.29) is 17.8 Å². The Bertz CT molecular complexity index is 312. The number of carbonyl (C=O) groups is 2. The first-order chi connectivity index (χ1) is 8.33. The van der Waals surface area contributed by atoms with Crippen LogP contribution in [0.1, 0.15) is 40.0 Å². The number of ketones is 1. The molecule has 1 aliphatic heterocycles. The molecule has 1 heterocycles. The SMILES string of the molecule is CC(C)(C)OC(=O)N1CCC(=O)[C@@H](CCCF)C1. The van der Waals surface area contributed by atoms with Crippen molar-refractivity contribution in [2.75, 3.05) is 19.8 Å². The molecular weight excluding hydrogens is 237 g/mol. The van der Waals surface area contributed by atoms with Crippen LogP contribution in [0.4, 0.5) is 9.18 Å². The average molecular weight is 259 g/mol. The molecule has 1 saturated heterocycles. The van der Waals surface area contributed by atoms with Crippen molar-refractivity contribution >= 4 is 11.9 Å². The van der Waals surface area contributed by atoms with Crippen LogP contribution >= 0.6 is 0 Å². The quantitative estimate of drug-likeness (QED) is 0.782. The van der Waals surface area contributed by atoms with Gasteiger partial charge in [-0.15, -0.1) is 0 Å². The first kappa shape index (κ1) is 14.9. The first-order valence-electron chi connectivity index (χ1n) is 6.40. The zero-order valence-corrected chi connectivity index (χ0v) is 11.4. The summed E-state index contributed by atoms with van der Waals surface area (Å²) in [5.41, 5.74) is -0.535. The monoisotopic (exact) mass is 259 g/mol. The Morgan fingerprint density at radius 1 is 1.50 bits per heavy atom. The van der Waals surface area contributed by atoms with Crippen LogP contribution in [0.2, 0.25) is 0 Å². The van der Waals surface area contributed by atoms with Crippen LogP contribution in [0.5, 0.6) is 0 Å². The maximum Gasteiger partial charge on any atom is 0.410 e. The van der Waals surface area contributed by atoms with E-state index in [4.69, 9.17) is 4.74 Å². The van der Waals surface area contributed by atoms with Crippen molar-refractivity contribution in [2.24, 2.45) is 5.92 Å². The number of alkyl halides is 1. The van der Waals surface area contributed by atoms with Crippen molar-refractivity contribution in [3.05, 3.63) is 0 Å². The molecule has 1 amide bonds. The number of hydrogen-bond acceptors (Lipinski definition) is 3. The standard InChI is InChI=1S/C13H22FNO3/c1-13(2,3)18-12(17)15-8-6-11(16)10(9-15)5-4-7-14/h10H,4-9H2,1-3H3/t10-/m0/s1. The summed E-state index contributed by atoms with van der Waals surface area (Å²) in [7, 11) is 0. The zero-order chi connectivity index (χ0) is 13.8. The Kier molecular flexibility index (Phi) is 5.11. The third-order valence-corrected chi connectivity index (χ3v) is 2.86. The molecule has 104 valence electrons. The van der Waals surface area contributed by atoms with Crippen molar-refractivity contribution in [3.8, 4) is 0 Å². The molecule has 0 aromatic heterocycles. The maximum absolute atomic E-state index is 12.1. The van der Waals surface area contributed by atoms with Crippen molar-refractivity contribution in [2.45, 2.75) is 45.6 Å². The molecule has 18 heavy (non-hydrogen) atoms. The van der Waals surface area contributed by atoms with Gasteiger partial charge in [0.05, 0.1) is 6.67 Å². The second-order valence-corrected chi connectivity index (χ2v) is 5.67. The molecule has 1 atom stereocenters. The number of likely N-dealkylation sites (tertiary alicyclic amines) is 1. The van der Waals surface area contributed by atoms with Gasteiger partial charge < -0.3 is 9.64 Å². The van der Waals surface area contributed by atoms with Crippen LogP contribution in [-0.4, -0.2) is 42.1 Å². The van der Waals surface area contributed by atoms with Gasteiger partial charge in [0.15, 0.2) is 0 Å². The van der Waals surface area contributed by atoms with Gasteiger partial charge in [-0.1, -0.05) is 0 Å². The Morgan fingerprint density at radius 2 is 2.17 bits per heavy atom. The summed E-state index contributed by atoms with van der Waals surface area (Å²) in [6, 6.07) is 0. The summed E-state index contributed by atoms with van der Waals surface area (Å²) < 4.78 is 17.4. The lowest BCUT2D eigenvalue weighted by molar-refractivity contribution is -0.126. The fraction of sp³-hybridized carbons (Fsp3) is 0.846. The third-order valence-electron chi connectivity index (χ3n) is 2.86. The van der Waals surface area contributed by atoms with E-state index in [1.807, 2.05) is 0 Å². The van der Waals surface area contributed by atoms with Gasteiger partial charge in [0.2, 0.25) is 0 Å². The molecule has 5 heteroatoms. The van der Waals surface area contributed by atoms with Gasteiger partial charge in [-0.25, -0.2) is 4.79 Å². The fourth-order valence-electron chi connectivity index (χ4n) is 1.98. The summed E-state index contributed by atoms with van der Waals surface area (Å²) in [5, 5.41) is 0. The molecule has 0 N–H and O–H groups in total. The van der Waals surface area contributed by atoms with Gasteiger partial charge in [-0.05, 0) is 33.6 Å². The minimum atomic E-state index is -0.535. The molecule has 1 rings (SSSR count). The predicted molar refractivity (Wildman–Crippen MR) is 66.1 cm³/mol. The molecule has 0 unspecified atom stereocenters. The summed E-state index contributed by atoms with van der Waals surface area (Å²) >= 11 is 0. The second kappa shape index (κ2) is 6.16. The number of carbonyl (C=O) groups excluding carboxylic acids is 2. The summed E-state index contributed by atoms with van der Waals surface area (Å²) in [6.07, 6.45) is 0.837. The van der Waals surface area contributed by atoms with E-state index >= 15 is 0 Å². The van der Waals surface area contributed by atoms with Crippen LogP contribution in [0, 0.1) is 5.92 Å². The molecule has 0 aromatic carbocycles. The van der Waals surface area contributed by atoms with Gasteiger partial charge in [0.25, 0.3) is 0 Å². The van der Waals surface area contributed by atoms with Gasteiger partial charge >= 0.3 is 6.09 Å². The molecule has 0 saturated carbocycles. The minimum Gasteiger partial charge on any atom is -0.444 e. The van der Waals surface area contributed by atoms with Crippen LogP contribution < -0.4 is 0 Å². The number of hydrogen-bond donors (Lipinski definition) is 0. The third kappa shape index (κ3) is 4.63. The lowest BCUT2D eigenvalue weighted by Crippen LogP contribution is -2.46. The van der Waals surface area contributed by atoms with E-state index in [1.54, 1.807) is 25.7 Å². The molecule has 0 radical (unpaired) electrons. The molecule has 0 spiro atoms. The van der Waals surface area contributed by atoms with E-state index in [0.717, 1.165) is 0 Å². The largest absolute Gasteiger partial charge is 0.444 e. The van der Waals surface area contributed by atoms with Crippen LogP contribution in [0.25, 0.3) is 0 Å². The number of Topliss-reactive ketones (excluding diaryl/α,β-unsaturated/α-hetero) is 1. The van der Waals surface area contributed by atoms with Crippen molar-refractivity contribution in [1.29, 1.82) is 0 Å². The summed E-state index contributed by atoms with van der Waals surface area (Å²) in [5.74, 6) is -0.106. The van der Waals surface area contributed by atoms with Crippen LogP contribution in [-0.2, 0) is 9.53 Å².